The number of aliphatic hydroxyl groups excluding tert-OH is 1. The van der Waals surface area contributed by atoms with Crippen molar-refractivity contribution in [3.63, 3.8) is 0 Å². The van der Waals surface area contributed by atoms with Gasteiger partial charge in [0.05, 0.1) is 0 Å². The quantitative estimate of drug-likeness (QED) is 0.732. The van der Waals surface area contributed by atoms with Crippen LogP contribution < -0.4 is 11.1 Å². The summed E-state index contributed by atoms with van der Waals surface area (Å²) in [6.07, 6.45) is 2.09. The fourth-order valence-electron chi connectivity index (χ4n) is 3.22. The fourth-order valence-corrected chi connectivity index (χ4v) is 3.22. The molecule has 25 heavy (non-hydrogen) atoms. The Labute approximate surface area is 148 Å². The first-order chi connectivity index (χ1) is 12.1. The maximum absolute atomic E-state index is 12.3. The predicted molar refractivity (Wildman–Crippen MR) is 100 cm³/mol. The van der Waals surface area contributed by atoms with Crippen LogP contribution in [0.25, 0.3) is 0 Å². The number of likely N-dealkylation sites (tertiary alicyclic amines) is 1. The van der Waals surface area contributed by atoms with Crippen LogP contribution in [0.4, 0.5) is 11.4 Å². The van der Waals surface area contributed by atoms with Gasteiger partial charge in [0.15, 0.2) is 0 Å². The number of hydrogen-bond acceptors (Lipinski definition) is 4. The molecule has 0 unspecified atom stereocenters. The van der Waals surface area contributed by atoms with Crippen LogP contribution in [0.5, 0.6) is 0 Å². The molecule has 5 heteroatoms. The minimum Gasteiger partial charge on any atom is -0.399 e. The number of amides is 1. The number of aliphatic hydroxyl groups is 1. The highest BCUT2D eigenvalue weighted by Crippen LogP contribution is 2.20. The van der Waals surface area contributed by atoms with Gasteiger partial charge < -0.3 is 16.2 Å². The third-order valence-electron chi connectivity index (χ3n) is 4.71. The van der Waals surface area contributed by atoms with Gasteiger partial charge in [-0.2, -0.15) is 0 Å². The number of anilines is 2. The molecule has 5 nitrogen and oxygen atoms in total. The lowest BCUT2D eigenvalue weighted by Gasteiger charge is -2.31. The van der Waals surface area contributed by atoms with Crippen molar-refractivity contribution in [2.24, 2.45) is 5.92 Å². The highest BCUT2D eigenvalue weighted by atomic mass is 16.3. The maximum Gasteiger partial charge on any atom is 0.255 e. The summed E-state index contributed by atoms with van der Waals surface area (Å²) in [6.45, 7) is 3.16. The Kier molecular flexibility index (Phi) is 5.68. The molecule has 0 saturated carbocycles. The van der Waals surface area contributed by atoms with Crippen molar-refractivity contribution in [3.05, 3.63) is 59.7 Å². The van der Waals surface area contributed by atoms with E-state index in [-0.39, 0.29) is 5.91 Å². The Morgan fingerprint density at radius 2 is 1.92 bits per heavy atom. The van der Waals surface area contributed by atoms with Gasteiger partial charge in [0.2, 0.25) is 0 Å². The van der Waals surface area contributed by atoms with Crippen LogP contribution in [0.15, 0.2) is 48.5 Å². The van der Waals surface area contributed by atoms with Gasteiger partial charge >= 0.3 is 0 Å². The van der Waals surface area contributed by atoms with Crippen molar-refractivity contribution in [1.82, 2.24) is 4.90 Å². The lowest BCUT2D eigenvalue weighted by atomic mass is 9.97. The second-order valence-corrected chi connectivity index (χ2v) is 6.68. The first-order valence-corrected chi connectivity index (χ1v) is 8.73. The molecule has 0 bridgehead atoms. The molecule has 2 aromatic carbocycles. The largest absolute Gasteiger partial charge is 0.399 e. The van der Waals surface area contributed by atoms with Crippen LogP contribution in [0.3, 0.4) is 0 Å². The number of nitrogens with zero attached hydrogens (tertiary/aromatic N) is 1. The van der Waals surface area contributed by atoms with Crippen molar-refractivity contribution in [1.29, 1.82) is 0 Å². The Morgan fingerprint density at radius 1 is 1.16 bits per heavy atom. The van der Waals surface area contributed by atoms with E-state index in [0.29, 0.717) is 23.8 Å². The van der Waals surface area contributed by atoms with E-state index in [9.17, 15) is 9.90 Å². The molecule has 0 radical (unpaired) electrons. The first-order valence-electron chi connectivity index (χ1n) is 8.73. The topological polar surface area (TPSA) is 78.6 Å². The summed E-state index contributed by atoms with van der Waals surface area (Å²) in [5, 5.41) is 12.2. The normalized spacial score (nSPS) is 15.9. The van der Waals surface area contributed by atoms with Gasteiger partial charge in [-0.3, -0.25) is 9.69 Å². The number of nitrogens with two attached hydrogens (primary N) is 1. The highest BCUT2D eigenvalue weighted by Gasteiger charge is 2.18. The van der Waals surface area contributed by atoms with Crippen LogP contribution in [0.2, 0.25) is 0 Å². The van der Waals surface area contributed by atoms with E-state index in [0.717, 1.165) is 38.2 Å². The summed E-state index contributed by atoms with van der Waals surface area (Å²) in [6, 6.07) is 14.9. The Hall–Kier alpha value is -2.37. The SMILES string of the molecule is Nc1cccc(C(=O)Nc2cccc(CN3CCC(CO)CC3)c2)c1. The van der Waals surface area contributed by atoms with Gasteiger partial charge in [-0.15, -0.1) is 0 Å². The first kappa shape index (κ1) is 17.5. The van der Waals surface area contributed by atoms with Crippen LogP contribution in [0.1, 0.15) is 28.8 Å². The third kappa shape index (κ3) is 4.81. The summed E-state index contributed by atoms with van der Waals surface area (Å²) >= 11 is 0. The Morgan fingerprint density at radius 3 is 2.64 bits per heavy atom. The van der Waals surface area contributed by atoms with Gasteiger partial charge in [-0.25, -0.2) is 0 Å². The highest BCUT2D eigenvalue weighted by molar-refractivity contribution is 6.04. The maximum atomic E-state index is 12.3. The molecule has 4 N–H and O–H groups in total. The minimum atomic E-state index is -0.159. The van der Waals surface area contributed by atoms with Gasteiger partial charge in [0.1, 0.15) is 0 Å². The van der Waals surface area contributed by atoms with Gasteiger partial charge in [-0.1, -0.05) is 18.2 Å². The van der Waals surface area contributed by atoms with Crippen LogP contribution in [-0.4, -0.2) is 35.6 Å². The zero-order chi connectivity index (χ0) is 17.6. The Balaban J connectivity index is 1.61. The molecular formula is C20H25N3O2. The van der Waals surface area contributed by atoms with Crippen LogP contribution in [-0.2, 0) is 6.54 Å². The number of benzene rings is 2. The number of piperidine rings is 1. The van der Waals surface area contributed by atoms with E-state index in [1.807, 2.05) is 18.2 Å². The zero-order valence-corrected chi connectivity index (χ0v) is 14.3. The Bertz CT molecular complexity index is 724. The fraction of sp³-hybridized carbons (Fsp3) is 0.350. The molecule has 0 spiro atoms. The predicted octanol–water partition coefficient (Wildman–Crippen LogP) is 2.73. The monoisotopic (exact) mass is 339 g/mol. The van der Waals surface area contributed by atoms with Crippen LogP contribution in [0, 0.1) is 5.92 Å². The molecule has 0 aliphatic carbocycles. The molecular weight excluding hydrogens is 314 g/mol. The number of nitrogens with one attached hydrogen (secondary N) is 1. The van der Waals surface area contributed by atoms with Crippen LogP contribution >= 0.6 is 0 Å². The van der Waals surface area contributed by atoms with Gasteiger partial charge in [-0.05, 0) is 67.7 Å². The lowest BCUT2D eigenvalue weighted by Crippen LogP contribution is -2.34. The van der Waals surface area contributed by atoms with E-state index in [1.165, 1.54) is 5.56 Å². The summed E-state index contributed by atoms with van der Waals surface area (Å²) in [4.78, 5) is 14.7. The molecule has 1 aliphatic heterocycles. The third-order valence-corrected chi connectivity index (χ3v) is 4.71. The molecule has 1 aliphatic rings. The molecule has 1 amide bonds. The second kappa shape index (κ2) is 8.14. The minimum absolute atomic E-state index is 0.159. The molecule has 3 rings (SSSR count). The number of carbonyl (C=O) groups excluding carboxylic acids is 1. The lowest BCUT2D eigenvalue weighted by molar-refractivity contribution is 0.102. The van der Waals surface area contributed by atoms with E-state index in [4.69, 9.17) is 5.73 Å². The number of rotatable bonds is 5. The summed E-state index contributed by atoms with van der Waals surface area (Å²) in [7, 11) is 0. The van der Waals surface area contributed by atoms with Gasteiger partial charge in [0.25, 0.3) is 5.91 Å². The summed E-state index contributed by atoms with van der Waals surface area (Å²) < 4.78 is 0. The molecule has 0 aromatic heterocycles. The summed E-state index contributed by atoms with van der Waals surface area (Å²) in [5.41, 5.74) is 8.83. The van der Waals surface area contributed by atoms with E-state index >= 15 is 0 Å². The molecule has 1 heterocycles. The van der Waals surface area contributed by atoms with Crippen molar-refractivity contribution in [2.75, 3.05) is 30.7 Å². The number of nitrogen functional groups attached to an aromatic ring is 1. The number of hydrogen-bond donors (Lipinski definition) is 3. The van der Waals surface area contributed by atoms with Crippen molar-refractivity contribution in [2.45, 2.75) is 19.4 Å². The molecule has 1 saturated heterocycles. The van der Waals surface area contributed by atoms with E-state index < -0.39 is 0 Å². The van der Waals surface area contributed by atoms with Gasteiger partial charge in [0, 0.05) is 30.1 Å². The van der Waals surface area contributed by atoms with Crippen molar-refractivity contribution >= 4 is 17.3 Å². The van der Waals surface area contributed by atoms with E-state index in [1.54, 1.807) is 24.3 Å². The summed E-state index contributed by atoms with van der Waals surface area (Å²) in [5.74, 6) is 0.286. The average Bonchev–Trinajstić information content (AvgIpc) is 2.63. The molecule has 132 valence electrons. The standard InChI is InChI=1S/C20H25N3O2/c21-18-5-2-4-17(12-18)20(25)22-19-6-1-3-16(11-19)13-23-9-7-15(14-24)8-10-23/h1-6,11-12,15,24H,7-10,13-14,21H2,(H,22,25). The van der Waals surface area contributed by atoms with Crippen molar-refractivity contribution in [3.8, 4) is 0 Å². The number of carbonyl (C=O) groups is 1. The smallest absolute Gasteiger partial charge is 0.255 e. The molecule has 1 fully saturated rings. The van der Waals surface area contributed by atoms with Crippen molar-refractivity contribution < 1.29 is 9.90 Å². The average molecular weight is 339 g/mol. The van der Waals surface area contributed by atoms with E-state index in [2.05, 4.69) is 16.3 Å². The second-order valence-electron chi connectivity index (χ2n) is 6.68. The molecule has 0 atom stereocenters. The zero-order valence-electron chi connectivity index (χ0n) is 14.3. The molecule has 2 aromatic rings.